The summed E-state index contributed by atoms with van der Waals surface area (Å²) in [7, 11) is 0. The summed E-state index contributed by atoms with van der Waals surface area (Å²) in [4.78, 5) is 0. The van der Waals surface area contributed by atoms with Crippen LogP contribution in [0.2, 0.25) is 0 Å². The Hall–Kier alpha value is -0.0100. The van der Waals surface area contributed by atoms with Gasteiger partial charge in [0.2, 0.25) is 0 Å². The van der Waals surface area contributed by atoms with Gasteiger partial charge in [0.25, 0.3) is 0 Å². The van der Waals surface area contributed by atoms with Crippen LogP contribution in [0.15, 0.2) is 12.1 Å². The molecular formula is C6H13ClO. The summed E-state index contributed by atoms with van der Waals surface area (Å²) in [6.45, 7) is 8.79. The second-order valence-corrected chi connectivity index (χ2v) is 1.24. The maximum absolute atomic E-state index is 4.83. The summed E-state index contributed by atoms with van der Waals surface area (Å²) < 4.78 is 4.83. The highest BCUT2D eigenvalue weighted by atomic mass is 35.5. The van der Waals surface area contributed by atoms with Crippen molar-refractivity contribution in [1.82, 2.24) is 0 Å². The van der Waals surface area contributed by atoms with Crippen LogP contribution in [-0.2, 0) is 4.74 Å². The van der Waals surface area contributed by atoms with Gasteiger partial charge >= 0.3 is 0 Å². The van der Waals surface area contributed by atoms with Crippen molar-refractivity contribution in [2.24, 2.45) is 0 Å². The van der Waals surface area contributed by atoms with Gasteiger partial charge in [-0.25, -0.2) is 0 Å². The van der Waals surface area contributed by atoms with Crippen LogP contribution in [0.1, 0.15) is 13.8 Å². The molecule has 0 atom stereocenters. The topological polar surface area (TPSA) is 9.23 Å². The van der Waals surface area contributed by atoms with Gasteiger partial charge in [0.05, 0.1) is 0 Å². The maximum atomic E-state index is 4.83. The Morgan fingerprint density at radius 1 is 1.50 bits per heavy atom. The molecule has 0 fully saturated rings. The van der Waals surface area contributed by atoms with E-state index in [1.165, 1.54) is 5.54 Å². The van der Waals surface area contributed by atoms with Crippen molar-refractivity contribution in [3.63, 3.8) is 0 Å². The van der Waals surface area contributed by atoms with E-state index < -0.39 is 0 Å². The van der Waals surface area contributed by atoms with Gasteiger partial charge in [0.1, 0.15) is 0 Å². The van der Waals surface area contributed by atoms with Crippen LogP contribution in [0.3, 0.4) is 0 Å². The molecule has 0 saturated heterocycles. The monoisotopic (exact) mass is 136 g/mol. The summed E-state index contributed by atoms with van der Waals surface area (Å²) in [6, 6.07) is 0. The van der Waals surface area contributed by atoms with Gasteiger partial charge in [-0.15, -0.1) is 0 Å². The summed E-state index contributed by atoms with van der Waals surface area (Å²) in [5.74, 6) is 0. The van der Waals surface area contributed by atoms with E-state index in [1.54, 1.807) is 0 Å². The highest BCUT2D eigenvalue weighted by molar-refractivity contribution is 6.25. The zero-order valence-corrected chi connectivity index (χ0v) is 6.24. The molecule has 0 N–H and O–H groups in total. The summed E-state index contributed by atoms with van der Waals surface area (Å²) in [6.07, 6.45) is 0. The van der Waals surface area contributed by atoms with Crippen LogP contribution in [0.5, 0.6) is 0 Å². The minimum Gasteiger partial charge on any atom is -0.382 e. The van der Waals surface area contributed by atoms with Gasteiger partial charge in [-0.2, -0.15) is 0 Å². The summed E-state index contributed by atoms with van der Waals surface area (Å²) >= 11 is 4.76. The Kier molecular flexibility index (Phi) is 21.4. The van der Waals surface area contributed by atoms with Gasteiger partial charge in [0, 0.05) is 13.2 Å². The molecule has 0 aromatic carbocycles. The van der Waals surface area contributed by atoms with Gasteiger partial charge in [-0.3, -0.25) is 0 Å². The van der Waals surface area contributed by atoms with Gasteiger partial charge in [-0.05, 0) is 19.4 Å². The molecule has 0 aliphatic carbocycles. The van der Waals surface area contributed by atoms with Crippen LogP contribution >= 0.6 is 11.6 Å². The van der Waals surface area contributed by atoms with E-state index in [0.717, 1.165) is 13.2 Å². The van der Waals surface area contributed by atoms with Gasteiger partial charge in [0.15, 0.2) is 0 Å². The molecule has 0 amide bonds. The molecule has 0 radical (unpaired) electrons. The number of hydrogen-bond acceptors (Lipinski definition) is 1. The Bertz CT molecular complexity index is 35.5. The third-order valence-electron chi connectivity index (χ3n) is 0.408. The van der Waals surface area contributed by atoms with Crippen LogP contribution in [-0.4, -0.2) is 13.2 Å². The third-order valence-corrected chi connectivity index (χ3v) is 0.408. The second-order valence-electron chi connectivity index (χ2n) is 0.936. The van der Waals surface area contributed by atoms with Crippen molar-refractivity contribution in [3.05, 3.63) is 12.1 Å². The van der Waals surface area contributed by atoms with Crippen molar-refractivity contribution in [1.29, 1.82) is 0 Å². The number of hydrogen-bond donors (Lipinski definition) is 0. The van der Waals surface area contributed by atoms with Crippen LogP contribution in [0.25, 0.3) is 0 Å². The molecule has 2 heteroatoms. The molecule has 0 rings (SSSR count). The molecule has 50 valence electrons. The van der Waals surface area contributed by atoms with Gasteiger partial charge < -0.3 is 4.74 Å². The smallest absolute Gasteiger partial charge is 0.0437 e. The van der Waals surface area contributed by atoms with Crippen molar-refractivity contribution in [2.75, 3.05) is 13.2 Å². The predicted molar refractivity (Wildman–Crippen MR) is 38.2 cm³/mol. The lowest BCUT2D eigenvalue weighted by Gasteiger charge is -1.86. The lowest BCUT2D eigenvalue weighted by Crippen LogP contribution is -1.84. The first kappa shape index (κ1) is 10.9. The van der Waals surface area contributed by atoms with Crippen LogP contribution < -0.4 is 0 Å². The van der Waals surface area contributed by atoms with E-state index in [2.05, 4.69) is 6.58 Å². The summed E-state index contributed by atoms with van der Waals surface area (Å²) in [5.41, 5.74) is 1.22. The molecule has 0 heterocycles. The Morgan fingerprint density at radius 2 is 1.75 bits per heavy atom. The van der Waals surface area contributed by atoms with E-state index in [1.807, 2.05) is 13.8 Å². The lowest BCUT2D eigenvalue weighted by atomic mass is 10.8. The minimum absolute atomic E-state index is 0.844. The molecule has 0 saturated carbocycles. The Labute approximate surface area is 56.3 Å². The average molecular weight is 137 g/mol. The van der Waals surface area contributed by atoms with Crippen LogP contribution in [0.4, 0.5) is 0 Å². The van der Waals surface area contributed by atoms with Crippen LogP contribution in [0, 0.1) is 0 Å². The first-order valence-corrected chi connectivity index (χ1v) is 3.05. The van der Waals surface area contributed by atoms with E-state index in [9.17, 15) is 0 Å². The molecule has 8 heavy (non-hydrogen) atoms. The molecule has 0 spiro atoms. The average Bonchev–Trinajstić information content (AvgIpc) is 1.71. The SMILES string of the molecule is C=CCl.CCOCC. The molecule has 0 aliphatic heterocycles. The molecule has 0 unspecified atom stereocenters. The van der Waals surface area contributed by atoms with Crippen molar-refractivity contribution in [2.45, 2.75) is 13.8 Å². The fourth-order valence-electron chi connectivity index (χ4n) is 0.204. The molecule has 0 aromatic rings. The standard InChI is InChI=1S/C4H10O.C2H3Cl/c1-3-5-4-2;1-2-3/h3-4H2,1-2H3;2H,1H2. The highest BCUT2D eigenvalue weighted by Crippen LogP contribution is 1.64. The first-order valence-electron chi connectivity index (χ1n) is 2.62. The molecule has 0 aliphatic rings. The second kappa shape index (κ2) is 15.8. The Morgan fingerprint density at radius 3 is 1.75 bits per heavy atom. The van der Waals surface area contributed by atoms with E-state index in [4.69, 9.17) is 16.3 Å². The summed E-state index contributed by atoms with van der Waals surface area (Å²) in [5, 5.41) is 0. The molecule has 0 bridgehead atoms. The molecular weight excluding hydrogens is 124 g/mol. The largest absolute Gasteiger partial charge is 0.382 e. The maximum Gasteiger partial charge on any atom is 0.0437 e. The van der Waals surface area contributed by atoms with Gasteiger partial charge in [-0.1, -0.05) is 18.2 Å². The minimum atomic E-state index is 0.844. The quantitative estimate of drug-likeness (QED) is 0.567. The highest BCUT2D eigenvalue weighted by Gasteiger charge is 1.64. The number of ether oxygens (including phenoxy) is 1. The first-order chi connectivity index (χ1) is 3.83. The predicted octanol–water partition coefficient (Wildman–Crippen LogP) is 2.41. The fraction of sp³-hybridized carbons (Fsp3) is 0.667. The normalized spacial score (nSPS) is 6.88. The van der Waals surface area contributed by atoms with E-state index in [0.29, 0.717) is 0 Å². The molecule has 0 aromatic heterocycles. The van der Waals surface area contributed by atoms with E-state index in [-0.39, 0.29) is 0 Å². The number of halogens is 1. The Balaban J connectivity index is 0. The fourth-order valence-corrected chi connectivity index (χ4v) is 0.204. The zero-order chi connectivity index (χ0) is 6.83. The van der Waals surface area contributed by atoms with Crippen molar-refractivity contribution < 1.29 is 4.74 Å². The van der Waals surface area contributed by atoms with Crippen molar-refractivity contribution in [3.8, 4) is 0 Å². The molecule has 1 nitrogen and oxygen atoms in total. The zero-order valence-electron chi connectivity index (χ0n) is 5.48. The number of rotatable bonds is 2. The third kappa shape index (κ3) is 37.7. The lowest BCUT2D eigenvalue weighted by molar-refractivity contribution is 0.162. The van der Waals surface area contributed by atoms with E-state index >= 15 is 0 Å². The van der Waals surface area contributed by atoms with Crippen molar-refractivity contribution >= 4 is 11.6 Å².